The monoisotopic (exact) mass is 420 g/mol. The van der Waals surface area contributed by atoms with Crippen molar-refractivity contribution >= 4 is 21.6 Å². The van der Waals surface area contributed by atoms with Crippen LogP contribution in [0.3, 0.4) is 0 Å². The lowest BCUT2D eigenvalue weighted by molar-refractivity contribution is -0.120. The van der Waals surface area contributed by atoms with Crippen molar-refractivity contribution < 1.29 is 22.3 Å². The Kier molecular flexibility index (Phi) is 6.87. The zero-order valence-corrected chi connectivity index (χ0v) is 17.1. The molecule has 29 heavy (non-hydrogen) atoms. The van der Waals surface area contributed by atoms with Crippen molar-refractivity contribution in [1.82, 2.24) is 4.31 Å². The molecule has 1 heterocycles. The largest absolute Gasteiger partial charge is 0.494 e. The molecule has 3 rings (SSSR count). The predicted molar refractivity (Wildman–Crippen MR) is 110 cm³/mol. The second-order valence-electron chi connectivity index (χ2n) is 7.01. The van der Waals surface area contributed by atoms with E-state index in [1.807, 2.05) is 19.1 Å². The number of carbonyl (C=O) groups excluding carboxylic acids is 1. The van der Waals surface area contributed by atoms with E-state index in [-0.39, 0.29) is 17.6 Å². The van der Waals surface area contributed by atoms with E-state index in [2.05, 4.69) is 5.32 Å². The van der Waals surface area contributed by atoms with Crippen molar-refractivity contribution in [3.8, 4) is 5.75 Å². The Bertz CT molecular complexity index is 939. The highest BCUT2D eigenvalue weighted by atomic mass is 32.2. The van der Waals surface area contributed by atoms with Gasteiger partial charge in [0.15, 0.2) is 0 Å². The molecule has 1 saturated heterocycles. The van der Waals surface area contributed by atoms with E-state index in [0.29, 0.717) is 49.5 Å². The third-order valence-electron chi connectivity index (χ3n) is 4.89. The van der Waals surface area contributed by atoms with Crippen molar-refractivity contribution in [1.29, 1.82) is 0 Å². The molecule has 8 heteroatoms. The summed E-state index contributed by atoms with van der Waals surface area (Å²) in [7, 11) is -3.51. The first kappa shape index (κ1) is 21.3. The van der Waals surface area contributed by atoms with Crippen LogP contribution < -0.4 is 10.1 Å². The molecule has 0 radical (unpaired) electrons. The van der Waals surface area contributed by atoms with E-state index in [9.17, 15) is 17.6 Å². The number of hydrogen-bond donors (Lipinski definition) is 1. The van der Waals surface area contributed by atoms with Crippen LogP contribution in [0.2, 0.25) is 0 Å². The summed E-state index contributed by atoms with van der Waals surface area (Å²) in [6, 6.07) is 12.7. The molecule has 1 N–H and O–H groups in total. The highest BCUT2D eigenvalue weighted by molar-refractivity contribution is 7.88. The molecule has 156 valence electrons. The molecular formula is C21H25FN2O4S. The second kappa shape index (κ2) is 9.37. The molecule has 0 saturated carbocycles. The fourth-order valence-corrected chi connectivity index (χ4v) is 4.92. The molecule has 0 spiro atoms. The van der Waals surface area contributed by atoms with Crippen molar-refractivity contribution in [2.24, 2.45) is 5.92 Å². The van der Waals surface area contributed by atoms with Gasteiger partial charge in [-0.3, -0.25) is 4.79 Å². The number of benzene rings is 2. The molecule has 0 atom stereocenters. The molecule has 0 bridgehead atoms. The summed E-state index contributed by atoms with van der Waals surface area (Å²) in [5, 5.41) is 2.89. The number of sulfonamides is 1. The van der Waals surface area contributed by atoms with Crippen LogP contribution >= 0.6 is 0 Å². The molecule has 0 aliphatic carbocycles. The quantitative estimate of drug-likeness (QED) is 0.745. The summed E-state index contributed by atoms with van der Waals surface area (Å²) in [6.45, 7) is 3.02. The molecule has 0 aromatic heterocycles. The molecule has 1 fully saturated rings. The van der Waals surface area contributed by atoms with Crippen LogP contribution in [0.25, 0.3) is 0 Å². The Morgan fingerprint density at radius 3 is 2.52 bits per heavy atom. The molecule has 1 aliphatic heterocycles. The minimum Gasteiger partial charge on any atom is -0.494 e. The van der Waals surface area contributed by atoms with Gasteiger partial charge in [0.05, 0.1) is 12.4 Å². The number of nitrogens with zero attached hydrogens (tertiary/aromatic N) is 1. The van der Waals surface area contributed by atoms with Crippen LogP contribution in [0, 0.1) is 11.7 Å². The third kappa shape index (κ3) is 5.77. The minimum absolute atomic E-state index is 0.116. The van der Waals surface area contributed by atoms with Crippen LogP contribution in [0.5, 0.6) is 5.75 Å². The molecule has 0 unspecified atom stereocenters. The van der Waals surface area contributed by atoms with E-state index in [1.165, 1.54) is 28.6 Å². The zero-order valence-electron chi connectivity index (χ0n) is 16.3. The number of hydrogen-bond acceptors (Lipinski definition) is 4. The Morgan fingerprint density at radius 1 is 1.17 bits per heavy atom. The van der Waals surface area contributed by atoms with Gasteiger partial charge in [-0.2, -0.15) is 0 Å². The van der Waals surface area contributed by atoms with Crippen molar-refractivity contribution in [3.63, 3.8) is 0 Å². The van der Waals surface area contributed by atoms with Crippen LogP contribution in [0.4, 0.5) is 10.1 Å². The van der Waals surface area contributed by atoms with Crippen LogP contribution in [0.1, 0.15) is 25.3 Å². The lowest BCUT2D eigenvalue weighted by atomic mass is 9.97. The summed E-state index contributed by atoms with van der Waals surface area (Å²) in [6.07, 6.45) is 0.916. The zero-order chi connectivity index (χ0) is 20.9. The summed E-state index contributed by atoms with van der Waals surface area (Å²) in [5.74, 6) is -0.247. The third-order valence-corrected chi connectivity index (χ3v) is 6.74. The first-order valence-electron chi connectivity index (χ1n) is 9.63. The summed E-state index contributed by atoms with van der Waals surface area (Å²) in [5.41, 5.74) is 1.20. The number of carbonyl (C=O) groups is 1. The maximum atomic E-state index is 13.0. The summed E-state index contributed by atoms with van der Waals surface area (Å²) in [4.78, 5) is 12.6. The van der Waals surface area contributed by atoms with Crippen LogP contribution in [0.15, 0.2) is 48.5 Å². The van der Waals surface area contributed by atoms with E-state index in [0.717, 1.165) is 0 Å². The SMILES string of the molecule is CCOc1cccc(NC(=O)C2CCN(S(=O)(=O)Cc3ccc(F)cc3)CC2)c1. The Balaban J connectivity index is 1.54. The number of amides is 1. The van der Waals surface area contributed by atoms with Crippen LogP contribution in [-0.2, 0) is 20.6 Å². The van der Waals surface area contributed by atoms with Crippen molar-refractivity contribution in [2.75, 3.05) is 25.0 Å². The lowest BCUT2D eigenvalue weighted by Gasteiger charge is -2.30. The fourth-order valence-electron chi connectivity index (χ4n) is 3.35. The molecule has 1 amide bonds. The molecule has 2 aromatic rings. The molecule has 2 aromatic carbocycles. The number of rotatable bonds is 7. The Hall–Kier alpha value is -2.45. The number of halogens is 1. The average molecular weight is 421 g/mol. The summed E-state index contributed by atoms with van der Waals surface area (Å²) >= 11 is 0. The van der Waals surface area contributed by atoms with Gasteiger partial charge < -0.3 is 10.1 Å². The van der Waals surface area contributed by atoms with Crippen molar-refractivity contribution in [2.45, 2.75) is 25.5 Å². The van der Waals surface area contributed by atoms with Gasteiger partial charge in [-0.15, -0.1) is 0 Å². The topological polar surface area (TPSA) is 75.7 Å². The highest BCUT2D eigenvalue weighted by Crippen LogP contribution is 2.24. The first-order chi connectivity index (χ1) is 13.9. The average Bonchev–Trinajstić information content (AvgIpc) is 2.70. The van der Waals surface area contributed by atoms with Gasteiger partial charge in [0, 0.05) is 30.8 Å². The smallest absolute Gasteiger partial charge is 0.227 e. The van der Waals surface area contributed by atoms with E-state index < -0.39 is 15.8 Å². The van der Waals surface area contributed by atoms with Gasteiger partial charge in [0.2, 0.25) is 15.9 Å². The molecule has 1 aliphatic rings. The molecular weight excluding hydrogens is 395 g/mol. The van der Waals surface area contributed by atoms with Gasteiger partial charge >= 0.3 is 0 Å². The van der Waals surface area contributed by atoms with E-state index in [1.54, 1.807) is 12.1 Å². The highest BCUT2D eigenvalue weighted by Gasteiger charge is 2.31. The Labute approximate surface area is 170 Å². The van der Waals surface area contributed by atoms with E-state index in [4.69, 9.17) is 4.74 Å². The lowest BCUT2D eigenvalue weighted by Crippen LogP contribution is -2.41. The molecule has 6 nitrogen and oxygen atoms in total. The van der Waals surface area contributed by atoms with Crippen LogP contribution in [-0.4, -0.2) is 38.3 Å². The first-order valence-corrected chi connectivity index (χ1v) is 11.2. The predicted octanol–water partition coefficient (Wildman–Crippen LogP) is 3.40. The number of piperidine rings is 1. The number of ether oxygens (including phenoxy) is 1. The van der Waals surface area contributed by atoms with Gasteiger partial charge in [-0.1, -0.05) is 18.2 Å². The maximum Gasteiger partial charge on any atom is 0.227 e. The number of anilines is 1. The fraction of sp³-hybridized carbons (Fsp3) is 0.381. The second-order valence-corrected chi connectivity index (χ2v) is 8.98. The van der Waals surface area contributed by atoms with Crippen molar-refractivity contribution in [3.05, 3.63) is 59.9 Å². The van der Waals surface area contributed by atoms with Gasteiger partial charge in [0.25, 0.3) is 0 Å². The van der Waals surface area contributed by atoms with E-state index >= 15 is 0 Å². The van der Waals surface area contributed by atoms with Gasteiger partial charge in [-0.05, 0) is 49.6 Å². The van der Waals surface area contributed by atoms with Gasteiger partial charge in [-0.25, -0.2) is 17.1 Å². The summed E-state index contributed by atoms with van der Waals surface area (Å²) < 4.78 is 45.1. The minimum atomic E-state index is -3.51. The normalized spacial score (nSPS) is 15.8. The van der Waals surface area contributed by atoms with Gasteiger partial charge in [0.1, 0.15) is 11.6 Å². The maximum absolute atomic E-state index is 13.0. The number of nitrogens with one attached hydrogen (secondary N) is 1. The Morgan fingerprint density at radius 2 is 1.86 bits per heavy atom. The standard InChI is InChI=1S/C21H25FN2O4S/c1-2-28-20-5-3-4-19(14-20)23-21(25)17-10-12-24(13-11-17)29(26,27)15-16-6-8-18(22)9-7-16/h3-9,14,17H,2,10-13,15H2,1H3,(H,23,25).